The van der Waals surface area contributed by atoms with Crippen molar-refractivity contribution in [2.75, 3.05) is 19.3 Å². The Kier molecular flexibility index (Phi) is 6.68. The molecule has 1 aliphatic carbocycles. The molecule has 0 radical (unpaired) electrons. The van der Waals surface area contributed by atoms with Crippen LogP contribution in [0.2, 0.25) is 0 Å². The molecule has 0 spiro atoms. The molecule has 0 aliphatic heterocycles. The van der Waals surface area contributed by atoms with Crippen LogP contribution in [-0.2, 0) is 17.6 Å². The first-order valence-electron chi connectivity index (χ1n) is 10.8. The lowest BCUT2D eigenvalue weighted by molar-refractivity contribution is -0.127. The molecule has 0 fully saturated rings. The monoisotopic (exact) mass is 466 g/mol. The standard InChI is InChI=1S/C24H26N4O2S2/c1-15-9-10-17(13-16(15)2)28-23(30)21-18-7-4-5-8-19(18)32-22(21)26-24(28)31-14-20(29)27(3)12-6-11-25/h9-10,13H,4-8,12,14H2,1-3H3. The topological polar surface area (TPSA) is 79.0 Å². The Morgan fingerprint density at radius 3 is 2.81 bits per heavy atom. The predicted octanol–water partition coefficient (Wildman–Crippen LogP) is 4.41. The summed E-state index contributed by atoms with van der Waals surface area (Å²) in [7, 11) is 1.70. The number of nitriles is 1. The average Bonchev–Trinajstić information content (AvgIpc) is 3.16. The molecule has 2 aromatic heterocycles. The molecule has 6 nitrogen and oxygen atoms in total. The Bertz CT molecular complexity index is 1290. The Morgan fingerprint density at radius 1 is 1.28 bits per heavy atom. The highest BCUT2D eigenvalue weighted by Gasteiger charge is 2.23. The van der Waals surface area contributed by atoms with E-state index in [0.717, 1.165) is 58.3 Å². The first-order chi connectivity index (χ1) is 15.4. The average molecular weight is 467 g/mol. The van der Waals surface area contributed by atoms with Crippen LogP contribution >= 0.6 is 23.1 Å². The number of aromatic nitrogens is 2. The summed E-state index contributed by atoms with van der Waals surface area (Å²) < 4.78 is 1.67. The number of hydrogen-bond donors (Lipinski definition) is 0. The molecule has 0 unspecified atom stereocenters. The Labute approximate surface area is 195 Å². The first kappa shape index (κ1) is 22.6. The minimum absolute atomic E-state index is 0.0505. The number of carbonyl (C=O) groups is 1. The van der Waals surface area contributed by atoms with E-state index in [4.69, 9.17) is 10.2 Å². The lowest BCUT2D eigenvalue weighted by Gasteiger charge is -2.17. The van der Waals surface area contributed by atoms with Crippen LogP contribution in [-0.4, -0.2) is 39.7 Å². The van der Waals surface area contributed by atoms with Crippen molar-refractivity contribution < 1.29 is 4.79 Å². The normalized spacial score (nSPS) is 13.1. The van der Waals surface area contributed by atoms with Crippen molar-refractivity contribution >= 4 is 39.2 Å². The molecule has 2 heterocycles. The minimum Gasteiger partial charge on any atom is -0.344 e. The molecule has 4 rings (SSSR count). The third-order valence-corrected chi connectivity index (χ3v) is 8.13. The van der Waals surface area contributed by atoms with E-state index in [0.29, 0.717) is 18.1 Å². The van der Waals surface area contributed by atoms with E-state index in [1.54, 1.807) is 27.9 Å². The summed E-state index contributed by atoms with van der Waals surface area (Å²) in [6.07, 6.45) is 4.47. The van der Waals surface area contributed by atoms with Crippen LogP contribution in [0.25, 0.3) is 15.9 Å². The van der Waals surface area contributed by atoms with Crippen molar-refractivity contribution in [1.29, 1.82) is 5.26 Å². The smallest absolute Gasteiger partial charge is 0.267 e. The van der Waals surface area contributed by atoms with Gasteiger partial charge < -0.3 is 4.90 Å². The van der Waals surface area contributed by atoms with Crippen LogP contribution in [0.1, 0.15) is 40.8 Å². The molecule has 166 valence electrons. The molecule has 0 atom stereocenters. The number of aryl methyl sites for hydroxylation is 4. The minimum atomic E-state index is -0.0864. The van der Waals surface area contributed by atoms with Gasteiger partial charge in [0.15, 0.2) is 5.16 Å². The SMILES string of the molecule is Cc1ccc(-n2c(SCC(=O)N(C)CCC#N)nc3sc4c(c3c2=O)CCCC4)cc1C. The molecule has 0 N–H and O–H groups in total. The van der Waals surface area contributed by atoms with Gasteiger partial charge in [0.25, 0.3) is 5.56 Å². The summed E-state index contributed by atoms with van der Waals surface area (Å²) in [6.45, 7) is 4.47. The second-order valence-corrected chi connectivity index (χ2v) is 10.2. The highest BCUT2D eigenvalue weighted by molar-refractivity contribution is 7.99. The Balaban J connectivity index is 1.79. The number of rotatable bonds is 6. The molecule has 32 heavy (non-hydrogen) atoms. The van der Waals surface area contributed by atoms with Crippen LogP contribution < -0.4 is 5.56 Å². The third-order valence-electron chi connectivity index (χ3n) is 6.02. The zero-order valence-electron chi connectivity index (χ0n) is 18.6. The molecule has 1 aromatic carbocycles. The first-order valence-corrected chi connectivity index (χ1v) is 12.6. The quantitative estimate of drug-likeness (QED) is 0.397. The van der Waals surface area contributed by atoms with Crippen molar-refractivity contribution in [2.24, 2.45) is 0 Å². The number of hydrogen-bond acceptors (Lipinski definition) is 6. The predicted molar refractivity (Wildman–Crippen MR) is 130 cm³/mol. The van der Waals surface area contributed by atoms with E-state index in [2.05, 4.69) is 6.07 Å². The van der Waals surface area contributed by atoms with Gasteiger partial charge in [-0.15, -0.1) is 11.3 Å². The van der Waals surface area contributed by atoms with E-state index < -0.39 is 0 Å². The fourth-order valence-corrected chi connectivity index (χ4v) is 6.21. The summed E-state index contributed by atoms with van der Waals surface area (Å²) in [6, 6.07) is 8.03. The van der Waals surface area contributed by atoms with E-state index >= 15 is 0 Å². The summed E-state index contributed by atoms with van der Waals surface area (Å²) in [5, 5.41) is 10.0. The molecule has 3 aromatic rings. The molecule has 1 aliphatic rings. The number of thioether (sulfide) groups is 1. The Hall–Kier alpha value is -2.63. The van der Waals surface area contributed by atoms with Crippen molar-refractivity contribution in [3.05, 3.63) is 50.1 Å². The van der Waals surface area contributed by atoms with Crippen LogP contribution in [0.3, 0.4) is 0 Å². The summed E-state index contributed by atoms with van der Waals surface area (Å²) in [5.74, 6) is 0.0761. The number of amides is 1. The largest absolute Gasteiger partial charge is 0.344 e. The lowest BCUT2D eigenvalue weighted by Crippen LogP contribution is -2.29. The zero-order chi connectivity index (χ0) is 22.8. The summed E-state index contributed by atoms with van der Waals surface area (Å²) in [5.41, 5.74) is 4.15. The van der Waals surface area contributed by atoms with Crippen LogP contribution in [0.15, 0.2) is 28.2 Å². The van der Waals surface area contributed by atoms with Gasteiger partial charge in [0.1, 0.15) is 4.83 Å². The molecule has 8 heteroatoms. The third kappa shape index (κ3) is 4.32. The highest BCUT2D eigenvalue weighted by atomic mass is 32.2. The van der Waals surface area contributed by atoms with Crippen molar-refractivity contribution in [1.82, 2.24) is 14.5 Å². The number of benzene rings is 1. The van der Waals surface area contributed by atoms with Gasteiger partial charge in [-0.25, -0.2) is 4.98 Å². The van der Waals surface area contributed by atoms with Gasteiger partial charge in [-0.1, -0.05) is 17.8 Å². The van der Waals surface area contributed by atoms with E-state index in [1.807, 2.05) is 32.0 Å². The molecular formula is C24H26N4O2S2. The number of carbonyl (C=O) groups excluding carboxylic acids is 1. The van der Waals surface area contributed by atoms with Gasteiger partial charge >= 0.3 is 0 Å². The molecule has 0 saturated heterocycles. The van der Waals surface area contributed by atoms with Crippen molar-refractivity contribution in [3.63, 3.8) is 0 Å². The molecule has 0 bridgehead atoms. The Morgan fingerprint density at radius 2 is 2.06 bits per heavy atom. The maximum Gasteiger partial charge on any atom is 0.267 e. The van der Waals surface area contributed by atoms with Gasteiger partial charge in [-0.05, 0) is 68.4 Å². The van der Waals surface area contributed by atoms with Gasteiger partial charge in [-0.3, -0.25) is 14.2 Å². The summed E-state index contributed by atoms with van der Waals surface area (Å²) >= 11 is 2.90. The van der Waals surface area contributed by atoms with Crippen LogP contribution in [0.5, 0.6) is 0 Å². The molecule has 1 amide bonds. The highest BCUT2D eigenvalue weighted by Crippen LogP contribution is 2.35. The molecular weight excluding hydrogens is 440 g/mol. The molecule has 0 saturated carbocycles. The van der Waals surface area contributed by atoms with Crippen LogP contribution in [0, 0.1) is 25.2 Å². The second kappa shape index (κ2) is 9.47. The van der Waals surface area contributed by atoms with Gasteiger partial charge in [0.2, 0.25) is 5.91 Å². The fraction of sp³-hybridized carbons (Fsp3) is 0.417. The number of thiophene rings is 1. The fourth-order valence-electron chi connectivity index (χ4n) is 3.95. The summed E-state index contributed by atoms with van der Waals surface area (Å²) in [4.78, 5) is 34.8. The van der Waals surface area contributed by atoms with Gasteiger partial charge in [0, 0.05) is 18.5 Å². The maximum atomic E-state index is 13.8. The van der Waals surface area contributed by atoms with Gasteiger partial charge in [-0.2, -0.15) is 5.26 Å². The van der Waals surface area contributed by atoms with Crippen molar-refractivity contribution in [2.45, 2.75) is 51.1 Å². The van der Waals surface area contributed by atoms with E-state index in [1.165, 1.54) is 16.6 Å². The van der Waals surface area contributed by atoms with Crippen molar-refractivity contribution in [3.8, 4) is 11.8 Å². The maximum absolute atomic E-state index is 13.8. The number of fused-ring (bicyclic) bond motifs is 3. The van der Waals surface area contributed by atoms with E-state index in [9.17, 15) is 9.59 Å². The number of nitrogens with zero attached hydrogens (tertiary/aromatic N) is 4. The zero-order valence-corrected chi connectivity index (χ0v) is 20.2. The van der Waals surface area contributed by atoms with E-state index in [-0.39, 0.29) is 17.2 Å². The second-order valence-electron chi connectivity index (χ2n) is 8.21. The lowest BCUT2D eigenvalue weighted by atomic mass is 9.97. The van der Waals surface area contributed by atoms with Gasteiger partial charge in [0.05, 0.1) is 29.3 Å². The van der Waals surface area contributed by atoms with Crippen LogP contribution in [0.4, 0.5) is 0 Å².